The molecule has 4 rings (SSSR count). The van der Waals surface area contributed by atoms with Crippen LogP contribution in [0.2, 0.25) is 10.0 Å². The van der Waals surface area contributed by atoms with Gasteiger partial charge in [0.2, 0.25) is 0 Å². The van der Waals surface area contributed by atoms with E-state index in [9.17, 15) is 14.7 Å². The highest BCUT2D eigenvalue weighted by Gasteiger charge is 2.15. The van der Waals surface area contributed by atoms with Gasteiger partial charge in [-0.15, -0.1) is 0 Å². The van der Waals surface area contributed by atoms with Gasteiger partial charge in [0.1, 0.15) is 0 Å². The molecule has 9 heteroatoms. The lowest BCUT2D eigenvalue weighted by Gasteiger charge is -2.25. The molecule has 34 heavy (non-hydrogen) atoms. The topological polar surface area (TPSA) is 95.4 Å². The van der Waals surface area contributed by atoms with E-state index in [4.69, 9.17) is 23.2 Å². The number of rotatable bonds is 7. The number of carbonyl (C=O) groups is 2. The molecule has 0 aliphatic rings. The zero-order chi connectivity index (χ0) is 24.2. The number of halogens is 2. The number of fused-ring (bicyclic) bond motifs is 1. The fourth-order valence-electron chi connectivity index (χ4n) is 3.51. The van der Waals surface area contributed by atoms with E-state index in [0.29, 0.717) is 5.56 Å². The lowest BCUT2D eigenvalue weighted by Crippen LogP contribution is -2.21. The summed E-state index contributed by atoms with van der Waals surface area (Å²) in [4.78, 5) is 34.3. The van der Waals surface area contributed by atoms with Gasteiger partial charge in [-0.2, -0.15) is 0 Å². The van der Waals surface area contributed by atoms with Crippen molar-refractivity contribution in [2.24, 2.45) is 0 Å². The van der Waals surface area contributed by atoms with Crippen LogP contribution in [0.3, 0.4) is 0 Å². The number of benzene rings is 2. The highest BCUT2D eigenvalue weighted by Crippen LogP contribution is 2.31. The molecular weight excluding hydrogens is 475 g/mol. The van der Waals surface area contributed by atoms with Gasteiger partial charge in [-0.25, -0.2) is 0 Å². The van der Waals surface area contributed by atoms with E-state index in [1.54, 1.807) is 24.3 Å². The molecule has 0 unspecified atom stereocenters. The monoisotopic (exact) mass is 494 g/mol. The Morgan fingerprint density at radius 3 is 2.32 bits per heavy atom. The molecular formula is C25H20Cl2N4O3. The molecule has 0 bridgehead atoms. The van der Waals surface area contributed by atoms with Crippen molar-refractivity contribution in [1.82, 2.24) is 9.97 Å². The number of pyridine rings is 2. The zero-order valence-electron chi connectivity index (χ0n) is 18.1. The highest BCUT2D eigenvalue weighted by molar-refractivity contribution is 6.39. The molecule has 4 aromatic rings. The smallest absolute Gasteiger partial charge is 0.305 e. The molecule has 0 fully saturated rings. The number of carbonyl (C=O) groups excluding carboxylic acids is 1. The average molecular weight is 495 g/mol. The molecule has 0 radical (unpaired) electrons. The largest absolute Gasteiger partial charge is 0.481 e. The summed E-state index contributed by atoms with van der Waals surface area (Å²) in [6.45, 7) is 2.19. The van der Waals surface area contributed by atoms with Crippen LogP contribution in [0.4, 0.5) is 17.1 Å². The lowest BCUT2D eigenvalue weighted by atomic mass is 10.1. The van der Waals surface area contributed by atoms with Gasteiger partial charge < -0.3 is 15.3 Å². The number of anilines is 3. The molecule has 172 valence electrons. The van der Waals surface area contributed by atoms with Crippen LogP contribution >= 0.6 is 23.2 Å². The van der Waals surface area contributed by atoms with Gasteiger partial charge >= 0.3 is 5.97 Å². The fraction of sp³-hybridized carbons (Fsp3) is 0.120. The Labute approximate surface area is 206 Å². The van der Waals surface area contributed by atoms with Gasteiger partial charge in [-0.3, -0.25) is 19.6 Å². The second-order valence-corrected chi connectivity index (χ2v) is 8.42. The third-order valence-corrected chi connectivity index (χ3v) is 5.78. The summed E-state index contributed by atoms with van der Waals surface area (Å²) < 4.78 is 0. The lowest BCUT2D eigenvalue weighted by molar-refractivity contribution is -0.136. The van der Waals surface area contributed by atoms with Gasteiger partial charge in [0.25, 0.3) is 5.91 Å². The Bertz CT molecular complexity index is 1360. The van der Waals surface area contributed by atoms with Gasteiger partial charge in [-0.1, -0.05) is 29.3 Å². The molecule has 0 aliphatic carbocycles. The summed E-state index contributed by atoms with van der Waals surface area (Å²) in [5.74, 6) is -1.28. The number of aryl methyl sites for hydroxylation is 1. The second kappa shape index (κ2) is 10.1. The van der Waals surface area contributed by atoms with E-state index in [1.807, 2.05) is 42.2 Å². The second-order valence-electron chi connectivity index (χ2n) is 7.60. The minimum atomic E-state index is -0.898. The third kappa shape index (κ3) is 5.27. The average Bonchev–Trinajstić information content (AvgIpc) is 2.81. The first-order valence-corrected chi connectivity index (χ1v) is 11.1. The van der Waals surface area contributed by atoms with E-state index < -0.39 is 5.97 Å². The van der Waals surface area contributed by atoms with Gasteiger partial charge in [0, 0.05) is 47.0 Å². The van der Waals surface area contributed by atoms with Crippen molar-refractivity contribution in [2.75, 3.05) is 16.8 Å². The number of amides is 1. The zero-order valence-corrected chi connectivity index (χ0v) is 19.6. The first kappa shape index (κ1) is 23.5. The van der Waals surface area contributed by atoms with Crippen molar-refractivity contribution >= 4 is 63.0 Å². The maximum absolute atomic E-state index is 12.7. The first-order valence-electron chi connectivity index (χ1n) is 10.4. The van der Waals surface area contributed by atoms with E-state index in [0.717, 1.165) is 28.0 Å². The van der Waals surface area contributed by atoms with Crippen LogP contribution in [0.1, 0.15) is 22.5 Å². The van der Waals surface area contributed by atoms with Crippen LogP contribution in [0, 0.1) is 6.92 Å². The molecule has 0 atom stereocenters. The van der Waals surface area contributed by atoms with Crippen LogP contribution in [0.5, 0.6) is 0 Å². The Kier molecular flexibility index (Phi) is 6.95. The van der Waals surface area contributed by atoms with Crippen molar-refractivity contribution in [2.45, 2.75) is 13.3 Å². The first-order chi connectivity index (χ1) is 16.3. The maximum Gasteiger partial charge on any atom is 0.305 e. The van der Waals surface area contributed by atoms with Crippen LogP contribution < -0.4 is 10.2 Å². The van der Waals surface area contributed by atoms with Crippen LogP contribution in [-0.2, 0) is 4.79 Å². The predicted molar refractivity (Wildman–Crippen MR) is 134 cm³/mol. The maximum atomic E-state index is 12.7. The molecule has 0 spiro atoms. The Morgan fingerprint density at radius 2 is 1.65 bits per heavy atom. The number of hydrogen-bond acceptors (Lipinski definition) is 5. The van der Waals surface area contributed by atoms with Gasteiger partial charge in [-0.05, 0) is 55.5 Å². The summed E-state index contributed by atoms with van der Waals surface area (Å²) >= 11 is 12.2. The summed E-state index contributed by atoms with van der Waals surface area (Å²) in [7, 11) is 0. The quantitative estimate of drug-likeness (QED) is 0.321. The summed E-state index contributed by atoms with van der Waals surface area (Å²) in [6, 6.07) is 16.6. The van der Waals surface area contributed by atoms with Crippen molar-refractivity contribution in [3.8, 4) is 0 Å². The molecule has 2 N–H and O–H groups in total. The van der Waals surface area contributed by atoms with Crippen LogP contribution in [0.15, 0.2) is 67.0 Å². The van der Waals surface area contributed by atoms with Gasteiger partial charge in [0.15, 0.2) is 0 Å². The summed E-state index contributed by atoms with van der Waals surface area (Å²) in [5, 5.41) is 13.4. The molecule has 0 saturated carbocycles. The Hall–Kier alpha value is -3.68. The SMILES string of the molecule is Cc1ccc2cc(N(CCC(=O)O)c3ccc(C(=O)Nc4c(Cl)cncc4Cl)cc3)ccc2n1. The molecule has 2 heterocycles. The molecule has 2 aromatic heterocycles. The number of aliphatic carboxylic acids is 1. The Balaban J connectivity index is 1.61. The van der Waals surface area contributed by atoms with E-state index in [2.05, 4.69) is 15.3 Å². The number of aromatic nitrogens is 2. The summed E-state index contributed by atoms with van der Waals surface area (Å²) in [5.41, 5.74) is 4.04. The number of carboxylic acid groups (broad SMARTS) is 1. The number of hydrogen-bond donors (Lipinski definition) is 2. The minimum Gasteiger partial charge on any atom is -0.481 e. The fourth-order valence-corrected chi connectivity index (χ4v) is 3.97. The standard InChI is InChI=1S/C25H20Cl2N4O3/c1-15-2-3-17-12-19(8-9-22(17)29-15)31(11-10-23(32)33)18-6-4-16(5-7-18)25(34)30-24-20(26)13-28-14-21(24)27/h2-9,12-14H,10-11H2,1H3,(H,32,33)(H,28,30,34). The van der Waals surface area contributed by atoms with Crippen LogP contribution in [-0.4, -0.2) is 33.5 Å². The van der Waals surface area contributed by atoms with Crippen LogP contribution in [0.25, 0.3) is 10.9 Å². The van der Waals surface area contributed by atoms with Crippen molar-refractivity contribution in [3.63, 3.8) is 0 Å². The third-order valence-electron chi connectivity index (χ3n) is 5.21. The van der Waals surface area contributed by atoms with Crippen molar-refractivity contribution in [3.05, 3.63) is 88.3 Å². The molecule has 0 aliphatic heterocycles. The normalized spacial score (nSPS) is 10.8. The molecule has 2 aromatic carbocycles. The number of carboxylic acids is 1. The molecule has 0 saturated heterocycles. The number of nitrogens with zero attached hydrogens (tertiary/aromatic N) is 3. The highest BCUT2D eigenvalue weighted by atomic mass is 35.5. The minimum absolute atomic E-state index is 0.0501. The predicted octanol–water partition coefficient (Wildman–Crippen LogP) is 6.11. The van der Waals surface area contributed by atoms with E-state index >= 15 is 0 Å². The molecule has 1 amide bonds. The Morgan fingerprint density at radius 1 is 0.971 bits per heavy atom. The van der Waals surface area contributed by atoms with E-state index in [1.165, 1.54) is 12.4 Å². The van der Waals surface area contributed by atoms with E-state index in [-0.39, 0.29) is 34.6 Å². The number of nitrogens with one attached hydrogen (secondary N) is 1. The summed E-state index contributed by atoms with van der Waals surface area (Å²) in [6.07, 6.45) is 2.74. The van der Waals surface area contributed by atoms with Crippen molar-refractivity contribution < 1.29 is 14.7 Å². The van der Waals surface area contributed by atoms with Gasteiger partial charge in [0.05, 0.1) is 27.7 Å². The molecule has 7 nitrogen and oxygen atoms in total. The van der Waals surface area contributed by atoms with Crippen molar-refractivity contribution in [1.29, 1.82) is 0 Å².